The second kappa shape index (κ2) is 8.97. The summed E-state index contributed by atoms with van der Waals surface area (Å²) in [6, 6.07) is 1.98. The van der Waals surface area contributed by atoms with Gasteiger partial charge in [0.1, 0.15) is 0 Å². The lowest BCUT2D eigenvalue weighted by Crippen LogP contribution is -2.26. The molecule has 7 heteroatoms. The van der Waals surface area contributed by atoms with E-state index >= 15 is 0 Å². The minimum atomic E-state index is -5.12. The highest BCUT2D eigenvalue weighted by atomic mass is 19.4. The highest BCUT2D eigenvalue weighted by molar-refractivity contribution is 5.33. The molecular formula is C21H27F5O2. The normalized spacial score (nSPS) is 28.9. The van der Waals surface area contributed by atoms with E-state index in [0.29, 0.717) is 23.3 Å². The summed E-state index contributed by atoms with van der Waals surface area (Å²) in [5.74, 6) is -2.02. The Hall–Kier alpha value is -1.37. The van der Waals surface area contributed by atoms with Crippen molar-refractivity contribution < 1.29 is 31.4 Å². The van der Waals surface area contributed by atoms with Crippen molar-refractivity contribution in [2.75, 3.05) is 13.7 Å². The molecule has 1 aromatic carbocycles. The average molecular weight is 406 g/mol. The van der Waals surface area contributed by atoms with Gasteiger partial charge in [-0.1, -0.05) is 0 Å². The van der Waals surface area contributed by atoms with Crippen molar-refractivity contribution in [2.24, 2.45) is 17.8 Å². The van der Waals surface area contributed by atoms with E-state index in [1.165, 1.54) is 25.7 Å². The molecule has 2 aliphatic rings. The van der Waals surface area contributed by atoms with Crippen molar-refractivity contribution in [1.29, 1.82) is 0 Å². The van der Waals surface area contributed by atoms with Crippen LogP contribution >= 0.6 is 0 Å². The van der Waals surface area contributed by atoms with Crippen LogP contribution in [-0.2, 0) is 4.74 Å². The van der Waals surface area contributed by atoms with Gasteiger partial charge in [-0.05, 0) is 92.7 Å². The van der Waals surface area contributed by atoms with Gasteiger partial charge in [0.05, 0.1) is 0 Å². The van der Waals surface area contributed by atoms with Crippen LogP contribution in [0, 0.1) is 29.4 Å². The van der Waals surface area contributed by atoms with Crippen LogP contribution in [0.4, 0.5) is 22.0 Å². The Bertz CT molecular complexity index is 622. The van der Waals surface area contributed by atoms with E-state index < -0.39 is 23.7 Å². The molecule has 158 valence electrons. The molecule has 0 aromatic heterocycles. The van der Waals surface area contributed by atoms with Crippen LogP contribution in [0.5, 0.6) is 5.75 Å². The van der Waals surface area contributed by atoms with Crippen molar-refractivity contribution in [3.63, 3.8) is 0 Å². The van der Waals surface area contributed by atoms with Crippen LogP contribution < -0.4 is 4.74 Å². The van der Waals surface area contributed by atoms with E-state index in [2.05, 4.69) is 4.74 Å². The average Bonchev–Trinajstić information content (AvgIpc) is 2.65. The van der Waals surface area contributed by atoms with Crippen LogP contribution in [-0.4, -0.2) is 20.1 Å². The predicted molar refractivity (Wildman–Crippen MR) is 95.1 cm³/mol. The molecule has 0 heterocycles. The van der Waals surface area contributed by atoms with E-state index in [1.807, 2.05) is 0 Å². The Morgan fingerprint density at radius 1 is 0.857 bits per heavy atom. The van der Waals surface area contributed by atoms with Gasteiger partial charge in [0.25, 0.3) is 0 Å². The lowest BCUT2D eigenvalue weighted by Gasteiger charge is -2.38. The maximum atomic E-state index is 14.0. The zero-order chi connectivity index (χ0) is 20.3. The first-order valence-corrected chi connectivity index (χ1v) is 10.0. The van der Waals surface area contributed by atoms with Crippen molar-refractivity contribution in [2.45, 2.75) is 63.6 Å². The molecule has 0 unspecified atom stereocenters. The summed E-state index contributed by atoms with van der Waals surface area (Å²) in [5, 5.41) is 0. The standard InChI is InChI=1S/C21H27F5O2/c1-27-12-13-2-4-14(5-3-13)15-6-8-16(9-7-15)17-10-18(22)20(19(23)11-17)28-21(24,25)26/h10-11,13-16H,2-9,12H2,1H3/t13-,14-,15?,16?. The number of benzene rings is 1. The number of rotatable bonds is 5. The first-order chi connectivity index (χ1) is 13.3. The van der Waals surface area contributed by atoms with E-state index in [9.17, 15) is 22.0 Å². The number of methoxy groups -OCH3 is 1. The van der Waals surface area contributed by atoms with E-state index in [1.54, 1.807) is 7.11 Å². The minimum Gasteiger partial charge on any atom is -0.399 e. The van der Waals surface area contributed by atoms with Gasteiger partial charge in [-0.15, -0.1) is 13.2 Å². The van der Waals surface area contributed by atoms with Crippen molar-refractivity contribution in [1.82, 2.24) is 0 Å². The molecule has 0 N–H and O–H groups in total. The molecule has 2 saturated carbocycles. The summed E-state index contributed by atoms with van der Waals surface area (Å²) in [5.41, 5.74) is 0.423. The number of alkyl halides is 3. The first kappa shape index (κ1) is 21.3. The summed E-state index contributed by atoms with van der Waals surface area (Å²) < 4.78 is 73.5. The molecule has 0 atom stereocenters. The monoisotopic (exact) mass is 406 g/mol. The molecule has 2 aliphatic carbocycles. The van der Waals surface area contributed by atoms with Gasteiger partial charge in [-0.3, -0.25) is 0 Å². The van der Waals surface area contributed by atoms with Crippen molar-refractivity contribution in [3.05, 3.63) is 29.3 Å². The molecule has 3 rings (SSSR count). The zero-order valence-corrected chi connectivity index (χ0v) is 16.0. The summed E-state index contributed by atoms with van der Waals surface area (Å²) >= 11 is 0. The molecular weight excluding hydrogens is 379 g/mol. The molecule has 0 bridgehead atoms. The quantitative estimate of drug-likeness (QED) is 0.514. The number of hydrogen-bond acceptors (Lipinski definition) is 2. The van der Waals surface area contributed by atoms with Gasteiger partial charge in [0.2, 0.25) is 5.75 Å². The second-order valence-corrected chi connectivity index (χ2v) is 8.21. The van der Waals surface area contributed by atoms with E-state index in [0.717, 1.165) is 44.4 Å². The first-order valence-electron chi connectivity index (χ1n) is 10.0. The summed E-state index contributed by atoms with van der Waals surface area (Å²) in [6.45, 7) is 0.824. The van der Waals surface area contributed by atoms with E-state index in [-0.39, 0.29) is 5.92 Å². The molecule has 0 spiro atoms. The lowest BCUT2D eigenvalue weighted by atomic mass is 9.68. The fraction of sp³-hybridized carbons (Fsp3) is 0.714. The Morgan fingerprint density at radius 2 is 1.36 bits per heavy atom. The predicted octanol–water partition coefficient (Wildman–Crippen LogP) is 6.59. The number of hydrogen-bond donors (Lipinski definition) is 0. The number of halogens is 5. The van der Waals surface area contributed by atoms with E-state index in [4.69, 9.17) is 4.74 Å². The SMILES string of the molecule is COC[C@H]1CC[C@H](C2CCC(c3cc(F)c(OC(F)(F)F)c(F)c3)CC2)CC1. The smallest absolute Gasteiger partial charge is 0.399 e. The lowest BCUT2D eigenvalue weighted by molar-refractivity contribution is -0.276. The van der Waals surface area contributed by atoms with Crippen LogP contribution in [0.3, 0.4) is 0 Å². The highest BCUT2D eigenvalue weighted by Crippen LogP contribution is 2.44. The molecule has 0 aliphatic heterocycles. The van der Waals surface area contributed by atoms with Crippen LogP contribution in [0.2, 0.25) is 0 Å². The molecule has 2 fully saturated rings. The third-order valence-electron chi connectivity index (χ3n) is 6.44. The Balaban J connectivity index is 1.56. The molecule has 1 aromatic rings. The maximum absolute atomic E-state index is 14.0. The van der Waals surface area contributed by atoms with Gasteiger partial charge in [0.15, 0.2) is 11.6 Å². The van der Waals surface area contributed by atoms with Gasteiger partial charge >= 0.3 is 6.36 Å². The van der Waals surface area contributed by atoms with Crippen molar-refractivity contribution >= 4 is 0 Å². The summed E-state index contributed by atoms with van der Waals surface area (Å²) in [4.78, 5) is 0. The topological polar surface area (TPSA) is 18.5 Å². The van der Waals surface area contributed by atoms with Gasteiger partial charge in [-0.2, -0.15) is 0 Å². The zero-order valence-electron chi connectivity index (χ0n) is 16.0. The fourth-order valence-corrected chi connectivity index (χ4v) is 5.01. The van der Waals surface area contributed by atoms with Crippen LogP contribution in [0.15, 0.2) is 12.1 Å². The van der Waals surface area contributed by atoms with Crippen LogP contribution in [0.1, 0.15) is 62.8 Å². The molecule has 0 saturated heterocycles. The van der Waals surface area contributed by atoms with Gasteiger partial charge in [0, 0.05) is 13.7 Å². The Morgan fingerprint density at radius 3 is 1.82 bits per heavy atom. The van der Waals surface area contributed by atoms with Crippen LogP contribution in [0.25, 0.3) is 0 Å². The summed E-state index contributed by atoms with van der Waals surface area (Å²) in [6.07, 6.45) is 3.27. The third kappa shape index (κ3) is 5.37. The van der Waals surface area contributed by atoms with Gasteiger partial charge in [-0.25, -0.2) is 8.78 Å². The fourth-order valence-electron chi connectivity index (χ4n) is 5.01. The Kier molecular flexibility index (Phi) is 6.84. The minimum absolute atomic E-state index is 0.0231. The second-order valence-electron chi connectivity index (χ2n) is 8.21. The largest absolute Gasteiger partial charge is 0.573 e. The Labute approximate surface area is 162 Å². The highest BCUT2D eigenvalue weighted by Gasteiger charge is 2.35. The molecule has 28 heavy (non-hydrogen) atoms. The molecule has 0 amide bonds. The van der Waals surface area contributed by atoms with Crippen molar-refractivity contribution in [3.8, 4) is 5.75 Å². The number of ether oxygens (including phenoxy) is 2. The third-order valence-corrected chi connectivity index (χ3v) is 6.44. The van der Waals surface area contributed by atoms with Gasteiger partial charge < -0.3 is 9.47 Å². The maximum Gasteiger partial charge on any atom is 0.573 e. The molecule has 2 nitrogen and oxygen atoms in total. The summed E-state index contributed by atoms with van der Waals surface area (Å²) in [7, 11) is 1.74. The molecule has 0 radical (unpaired) electrons.